The maximum atomic E-state index is 12.8. The van der Waals surface area contributed by atoms with E-state index in [-0.39, 0.29) is 22.6 Å². The molecule has 0 radical (unpaired) electrons. The van der Waals surface area contributed by atoms with Crippen LogP contribution in [0.25, 0.3) is 5.57 Å². The van der Waals surface area contributed by atoms with Crippen molar-refractivity contribution < 1.29 is 23.2 Å². The van der Waals surface area contributed by atoms with Gasteiger partial charge in [-0.1, -0.05) is 26.0 Å². The average Bonchev–Trinajstić information content (AvgIpc) is 3.50. The minimum Gasteiger partial charge on any atom is -0.462 e. The summed E-state index contributed by atoms with van der Waals surface area (Å²) in [6.45, 7) is 7.77. The van der Waals surface area contributed by atoms with Gasteiger partial charge in [0.05, 0.1) is 41.1 Å². The molecule has 2 saturated carbocycles. The van der Waals surface area contributed by atoms with Gasteiger partial charge in [-0.05, 0) is 65.7 Å². The monoisotopic (exact) mass is 510 g/mol. The zero-order chi connectivity index (χ0) is 22.2. The highest BCUT2D eigenvalue weighted by molar-refractivity contribution is 9.10. The van der Waals surface area contributed by atoms with E-state index in [1.54, 1.807) is 0 Å². The Kier molecular flexibility index (Phi) is 6.78. The van der Waals surface area contributed by atoms with E-state index >= 15 is 0 Å². The Hall–Kier alpha value is -1.02. The number of halogens is 1. The molecule has 170 valence electrons. The predicted molar refractivity (Wildman–Crippen MR) is 124 cm³/mol. The molecular formula is C24H31BrO5S. The van der Waals surface area contributed by atoms with Gasteiger partial charge in [-0.15, -0.1) is 0 Å². The fourth-order valence-corrected chi connectivity index (χ4v) is 6.40. The first-order chi connectivity index (χ1) is 14.7. The number of allylic oxidation sites excluding steroid dienone is 1. The average molecular weight is 511 g/mol. The Labute approximate surface area is 195 Å². The Balaban J connectivity index is 1.56. The summed E-state index contributed by atoms with van der Waals surface area (Å²) in [5.74, 6) is -0.708. The van der Waals surface area contributed by atoms with E-state index < -0.39 is 16.6 Å². The van der Waals surface area contributed by atoms with Gasteiger partial charge in [0.25, 0.3) is 0 Å². The number of benzene rings is 1. The molecule has 1 aliphatic heterocycles. The molecule has 3 aliphatic rings. The molecule has 2 aliphatic carbocycles. The molecule has 0 bridgehead atoms. The van der Waals surface area contributed by atoms with Gasteiger partial charge in [-0.2, -0.15) is 0 Å². The normalized spacial score (nSPS) is 26.1. The van der Waals surface area contributed by atoms with Crippen LogP contribution in [0.1, 0.15) is 58.4 Å². The van der Waals surface area contributed by atoms with E-state index in [2.05, 4.69) is 29.8 Å². The Morgan fingerprint density at radius 2 is 1.97 bits per heavy atom. The summed E-state index contributed by atoms with van der Waals surface area (Å²) in [6, 6.07) is 5.63. The molecule has 31 heavy (non-hydrogen) atoms. The molecule has 5 nitrogen and oxygen atoms in total. The molecular weight excluding hydrogens is 480 g/mol. The van der Waals surface area contributed by atoms with Gasteiger partial charge >= 0.3 is 5.97 Å². The zero-order valence-corrected chi connectivity index (χ0v) is 20.9. The molecule has 1 aromatic rings. The lowest BCUT2D eigenvalue weighted by Crippen LogP contribution is -2.46. The molecule has 7 heteroatoms. The van der Waals surface area contributed by atoms with E-state index in [0.29, 0.717) is 25.4 Å². The van der Waals surface area contributed by atoms with Crippen LogP contribution in [-0.4, -0.2) is 41.0 Å². The molecule has 0 N–H and O–H groups in total. The second-order valence-electron chi connectivity index (χ2n) is 9.60. The Morgan fingerprint density at radius 3 is 2.58 bits per heavy atom. The summed E-state index contributed by atoms with van der Waals surface area (Å²) < 4.78 is 31.0. The summed E-state index contributed by atoms with van der Waals surface area (Å²) in [4.78, 5) is 13.6. The number of carbonyl (C=O) groups is 1. The van der Waals surface area contributed by atoms with Crippen molar-refractivity contribution in [1.29, 1.82) is 0 Å². The molecule has 2 atom stereocenters. The minimum atomic E-state index is -1.00. The molecule has 3 fully saturated rings. The number of rotatable bonds is 6. The number of hydrogen-bond donors (Lipinski definition) is 0. The molecule has 1 saturated heterocycles. The summed E-state index contributed by atoms with van der Waals surface area (Å²) in [5.41, 5.74) is 1.35. The topological polar surface area (TPSA) is 61.8 Å². The number of ether oxygens (including phenoxy) is 3. The highest BCUT2D eigenvalue weighted by atomic mass is 79.9. The second kappa shape index (κ2) is 9.08. The first kappa shape index (κ1) is 23.1. The molecule has 1 heterocycles. The van der Waals surface area contributed by atoms with Crippen LogP contribution in [0.3, 0.4) is 0 Å². The lowest BCUT2D eigenvalue weighted by Gasteiger charge is -2.41. The summed E-state index contributed by atoms with van der Waals surface area (Å²) in [7, 11) is -1.00. The van der Waals surface area contributed by atoms with Gasteiger partial charge < -0.3 is 14.2 Å². The van der Waals surface area contributed by atoms with Crippen LogP contribution in [-0.2, 0) is 29.8 Å². The van der Waals surface area contributed by atoms with Crippen LogP contribution in [0.4, 0.5) is 0 Å². The van der Waals surface area contributed by atoms with Crippen molar-refractivity contribution in [3.05, 3.63) is 34.3 Å². The maximum absolute atomic E-state index is 12.8. The van der Waals surface area contributed by atoms with Crippen LogP contribution in [0.2, 0.25) is 0 Å². The third-order valence-electron chi connectivity index (χ3n) is 6.11. The highest BCUT2D eigenvalue weighted by Crippen LogP contribution is 2.44. The van der Waals surface area contributed by atoms with Crippen LogP contribution >= 0.6 is 15.9 Å². The van der Waals surface area contributed by atoms with Crippen molar-refractivity contribution in [1.82, 2.24) is 0 Å². The first-order valence-electron chi connectivity index (χ1n) is 11.1. The van der Waals surface area contributed by atoms with Gasteiger partial charge in [0.1, 0.15) is 0 Å². The third kappa shape index (κ3) is 5.32. The van der Waals surface area contributed by atoms with E-state index in [0.717, 1.165) is 47.0 Å². The minimum absolute atomic E-state index is 0.0316. The van der Waals surface area contributed by atoms with Crippen molar-refractivity contribution in [3.8, 4) is 0 Å². The fraction of sp³-hybridized carbons (Fsp3) is 0.625. The Bertz CT molecular complexity index is 895. The van der Waals surface area contributed by atoms with Gasteiger partial charge in [-0.3, -0.25) is 4.21 Å². The largest absolute Gasteiger partial charge is 0.462 e. The third-order valence-corrected chi connectivity index (χ3v) is 8.89. The van der Waals surface area contributed by atoms with Crippen molar-refractivity contribution in [2.24, 2.45) is 11.3 Å². The predicted octanol–water partition coefficient (Wildman–Crippen LogP) is 5.24. The Morgan fingerprint density at radius 1 is 1.26 bits per heavy atom. The SMILES string of the molecule is CCOC(=O)C(=CC1CCC2(C1)OCC(C)(C)CO2)c1ccc(S(=O)C2CC2)c(Br)c1. The number of hydrogen-bond acceptors (Lipinski definition) is 5. The van der Waals surface area contributed by atoms with Gasteiger partial charge in [0.15, 0.2) is 5.79 Å². The van der Waals surface area contributed by atoms with Crippen LogP contribution in [0, 0.1) is 11.3 Å². The summed E-state index contributed by atoms with van der Waals surface area (Å²) in [5, 5.41) is 0.261. The van der Waals surface area contributed by atoms with E-state index in [9.17, 15) is 9.00 Å². The van der Waals surface area contributed by atoms with Crippen LogP contribution < -0.4 is 0 Å². The maximum Gasteiger partial charge on any atom is 0.338 e. The lowest BCUT2D eigenvalue weighted by molar-refractivity contribution is -0.295. The van der Waals surface area contributed by atoms with Crippen molar-refractivity contribution in [3.63, 3.8) is 0 Å². The first-order valence-corrected chi connectivity index (χ1v) is 13.1. The molecule has 2 unspecified atom stereocenters. The second-order valence-corrected chi connectivity index (χ2v) is 12.2. The van der Waals surface area contributed by atoms with Gasteiger partial charge in [0, 0.05) is 28.0 Å². The van der Waals surface area contributed by atoms with E-state index in [4.69, 9.17) is 14.2 Å². The smallest absolute Gasteiger partial charge is 0.338 e. The lowest BCUT2D eigenvalue weighted by atomic mass is 9.94. The van der Waals surface area contributed by atoms with Crippen molar-refractivity contribution in [2.45, 2.75) is 68.8 Å². The van der Waals surface area contributed by atoms with E-state index in [1.165, 1.54) is 0 Å². The van der Waals surface area contributed by atoms with Crippen molar-refractivity contribution in [2.75, 3.05) is 19.8 Å². The number of esters is 1. The standard InChI is InChI=1S/C24H31BrO5S/c1-4-28-22(26)19(17-5-8-21(20(25)12-17)31(27)18-6-7-18)11-16-9-10-24(13-16)29-14-23(2,3)15-30-24/h5,8,11-12,16,18H,4,6-7,9-10,13-15H2,1-3H3. The molecule has 0 amide bonds. The van der Waals surface area contributed by atoms with Gasteiger partial charge in [0.2, 0.25) is 0 Å². The number of carbonyl (C=O) groups excluding carboxylic acids is 1. The zero-order valence-electron chi connectivity index (χ0n) is 18.4. The van der Waals surface area contributed by atoms with Crippen LogP contribution in [0.15, 0.2) is 33.6 Å². The van der Waals surface area contributed by atoms with Crippen LogP contribution in [0.5, 0.6) is 0 Å². The molecule has 4 rings (SSSR count). The summed E-state index contributed by atoms with van der Waals surface area (Å²) >= 11 is 3.57. The van der Waals surface area contributed by atoms with E-state index in [1.807, 2.05) is 31.2 Å². The fourth-order valence-electron chi connectivity index (χ4n) is 4.17. The van der Waals surface area contributed by atoms with Crippen molar-refractivity contribution >= 4 is 38.3 Å². The quantitative estimate of drug-likeness (QED) is 0.387. The molecule has 0 aromatic heterocycles. The molecule has 1 spiro atoms. The molecule has 1 aromatic carbocycles. The summed E-state index contributed by atoms with van der Waals surface area (Å²) in [6.07, 6.45) is 6.49. The highest BCUT2D eigenvalue weighted by Gasteiger charge is 2.46. The van der Waals surface area contributed by atoms with Gasteiger partial charge in [-0.25, -0.2) is 4.79 Å².